The minimum atomic E-state index is -0.0268. The normalized spacial score (nSPS) is 13.8. The predicted octanol–water partition coefficient (Wildman–Crippen LogP) is 1.26. The molecule has 0 fully saturated rings. The van der Waals surface area contributed by atoms with Crippen molar-refractivity contribution in [1.29, 1.82) is 0 Å². The van der Waals surface area contributed by atoms with Crippen LogP contribution >= 0.6 is 0 Å². The van der Waals surface area contributed by atoms with Gasteiger partial charge >= 0.3 is 0 Å². The second-order valence-electron chi connectivity index (χ2n) is 5.50. The summed E-state index contributed by atoms with van der Waals surface area (Å²) in [6, 6.07) is 3.72. The maximum absolute atomic E-state index is 11.8. The molecule has 1 aliphatic rings. The second kappa shape index (κ2) is 5.59. The monoisotopic (exact) mass is 288 g/mol. The maximum Gasteiger partial charge on any atom is 0.269 e. The Hall–Kier alpha value is -2.31. The van der Waals surface area contributed by atoms with Crippen LogP contribution in [0.4, 0.5) is 5.95 Å². The minimum Gasteiger partial charge on any atom is -0.353 e. The van der Waals surface area contributed by atoms with Gasteiger partial charge in [-0.2, -0.15) is 0 Å². The van der Waals surface area contributed by atoms with Gasteiger partial charge in [0.1, 0.15) is 11.5 Å². The number of hydrogen-bond donors (Lipinski definition) is 2. The van der Waals surface area contributed by atoms with E-state index in [1.807, 2.05) is 6.07 Å². The van der Waals surface area contributed by atoms with E-state index < -0.39 is 0 Å². The van der Waals surface area contributed by atoms with Crippen LogP contribution in [-0.2, 0) is 19.5 Å². The summed E-state index contributed by atoms with van der Waals surface area (Å²) in [6.07, 6.45) is 3.35. The van der Waals surface area contributed by atoms with Crippen LogP contribution in [0.3, 0.4) is 0 Å². The van der Waals surface area contributed by atoms with Gasteiger partial charge in [-0.15, -0.1) is 10.2 Å². The van der Waals surface area contributed by atoms with Crippen molar-refractivity contribution in [2.24, 2.45) is 0 Å². The number of aromatic nitrogens is 4. The van der Waals surface area contributed by atoms with Crippen LogP contribution in [0.2, 0.25) is 0 Å². The molecule has 2 aromatic rings. The molecule has 0 unspecified atom stereocenters. The first-order chi connectivity index (χ1) is 10.1. The quantitative estimate of drug-likeness (QED) is 0.887. The summed E-state index contributed by atoms with van der Waals surface area (Å²) in [5.41, 5.74) is 1.55. The fourth-order valence-electron chi connectivity index (χ4n) is 2.52. The van der Waals surface area contributed by atoms with Crippen molar-refractivity contribution in [1.82, 2.24) is 24.6 Å². The van der Waals surface area contributed by atoms with Gasteiger partial charge in [-0.05, 0) is 25.0 Å². The van der Waals surface area contributed by atoms with Crippen LogP contribution in [0.25, 0.3) is 0 Å². The van der Waals surface area contributed by atoms with Crippen molar-refractivity contribution in [3.05, 3.63) is 29.3 Å². The van der Waals surface area contributed by atoms with Crippen LogP contribution in [0.15, 0.2) is 12.1 Å². The molecule has 0 saturated heterocycles. The number of nitrogens with one attached hydrogen (secondary N) is 2. The maximum atomic E-state index is 11.8. The molecule has 3 heterocycles. The lowest BCUT2D eigenvalue weighted by molar-refractivity contribution is 0.0822. The second-order valence-corrected chi connectivity index (χ2v) is 5.50. The van der Waals surface area contributed by atoms with E-state index in [1.165, 1.54) is 12.8 Å². The zero-order chi connectivity index (χ0) is 14.8. The van der Waals surface area contributed by atoms with Crippen molar-refractivity contribution in [2.75, 3.05) is 19.4 Å². The van der Waals surface area contributed by atoms with Gasteiger partial charge < -0.3 is 15.2 Å². The Kier molecular flexibility index (Phi) is 3.64. The first-order valence-corrected chi connectivity index (χ1v) is 7.20. The van der Waals surface area contributed by atoms with E-state index in [-0.39, 0.29) is 5.91 Å². The number of carbonyl (C=O) groups excluding carboxylic acids is 1. The van der Waals surface area contributed by atoms with Gasteiger partial charge in [-0.3, -0.25) is 9.36 Å². The zero-order valence-electron chi connectivity index (χ0n) is 12.4. The number of fused-ring (bicyclic) bond motifs is 1. The molecular weight excluding hydrogens is 268 g/mol. The van der Waals surface area contributed by atoms with E-state index in [9.17, 15) is 4.79 Å². The lowest BCUT2D eigenvalue weighted by Gasteiger charge is -2.15. The molecule has 7 nitrogen and oxygen atoms in total. The van der Waals surface area contributed by atoms with Gasteiger partial charge in [0.15, 0.2) is 0 Å². The Labute approximate surface area is 123 Å². The van der Waals surface area contributed by atoms with Crippen LogP contribution in [-0.4, -0.2) is 44.7 Å². The van der Waals surface area contributed by atoms with Crippen molar-refractivity contribution in [2.45, 2.75) is 32.4 Å². The lowest BCUT2D eigenvalue weighted by Crippen LogP contribution is -2.22. The highest BCUT2D eigenvalue weighted by atomic mass is 16.2. The molecule has 0 radical (unpaired) electrons. The van der Waals surface area contributed by atoms with Crippen molar-refractivity contribution >= 4 is 11.9 Å². The molecule has 2 aromatic heterocycles. The Bertz CT molecular complexity index is 642. The summed E-state index contributed by atoms with van der Waals surface area (Å²) < 4.78 is 2.14. The molecule has 1 aliphatic heterocycles. The topological polar surface area (TPSA) is 78.8 Å². The fraction of sp³-hybridized carbons (Fsp3) is 0.500. The van der Waals surface area contributed by atoms with Crippen LogP contribution in [0.1, 0.15) is 34.8 Å². The predicted molar refractivity (Wildman–Crippen MR) is 79.1 cm³/mol. The summed E-state index contributed by atoms with van der Waals surface area (Å²) >= 11 is 0. The highest BCUT2D eigenvalue weighted by Gasteiger charge is 2.15. The standard InChI is InChI=1S/C14H20N6O/c1-19(2)13(21)11-7-6-10(16-11)9-15-14-18-17-12-5-3-4-8-20(12)14/h6-7,16H,3-5,8-9H2,1-2H3,(H,15,18). The third-order valence-electron chi connectivity index (χ3n) is 3.68. The number of carbonyl (C=O) groups is 1. The Morgan fingerprint density at radius 1 is 1.38 bits per heavy atom. The largest absolute Gasteiger partial charge is 0.353 e. The molecule has 21 heavy (non-hydrogen) atoms. The summed E-state index contributed by atoms with van der Waals surface area (Å²) in [5.74, 6) is 1.83. The van der Waals surface area contributed by atoms with Gasteiger partial charge in [0.05, 0.1) is 6.54 Å². The Balaban J connectivity index is 1.65. The molecule has 0 atom stereocenters. The molecule has 0 saturated carbocycles. The van der Waals surface area contributed by atoms with E-state index in [2.05, 4.69) is 25.1 Å². The zero-order valence-corrected chi connectivity index (χ0v) is 12.4. The number of H-pyrrole nitrogens is 1. The van der Waals surface area contributed by atoms with Crippen LogP contribution in [0.5, 0.6) is 0 Å². The first kappa shape index (κ1) is 13.7. The van der Waals surface area contributed by atoms with Crippen molar-refractivity contribution in [3.8, 4) is 0 Å². The molecule has 2 N–H and O–H groups in total. The number of aromatic amines is 1. The third-order valence-corrected chi connectivity index (χ3v) is 3.68. The molecule has 0 aliphatic carbocycles. The molecule has 0 bridgehead atoms. The minimum absolute atomic E-state index is 0.0268. The molecule has 7 heteroatoms. The molecule has 112 valence electrons. The number of aryl methyl sites for hydroxylation is 1. The third kappa shape index (κ3) is 2.76. The van der Waals surface area contributed by atoms with E-state index in [0.717, 1.165) is 30.4 Å². The summed E-state index contributed by atoms with van der Waals surface area (Å²) in [5, 5.41) is 11.7. The fourth-order valence-corrected chi connectivity index (χ4v) is 2.52. The smallest absolute Gasteiger partial charge is 0.269 e. The van der Waals surface area contributed by atoms with Gasteiger partial charge in [-0.25, -0.2) is 0 Å². The van der Waals surface area contributed by atoms with E-state index >= 15 is 0 Å². The molecular formula is C14H20N6O. The Morgan fingerprint density at radius 3 is 3.05 bits per heavy atom. The number of anilines is 1. The summed E-state index contributed by atoms with van der Waals surface area (Å²) in [7, 11) is 3.48. The summed E-state index contributed by atoms with van der Waals surface area (Å²) in [4.78, 5) is 16.5. The molecule has 3 rings (SSSR count). The highest BCUT2D eigenvalue weighted by molar-refractivity contribution is 5.92. The number of hydrogen-bond acceptors (Lipinski definition) is 4. The van der Waals surface area contributed by atoms with Gasteiger partial charge in [0.25, 0.3) is 5.91 Å². The van der Waals surface area contributed by atoms with Gasteiger partial charge in [0, 0.05) is 32.8 Å². The van der Waals surface area contributed by atoms with E-state index in [4.69, 9.17) is 0 Å². The Morgan fingerprint density at radius 2 is 2.24 bits per heavy atom. The number of rotatable bonds is 4. The van der Waals surface area contributed by atoms with Gasteiger partial charge in [-0.1, -0.05) is 0 Å². The average molecular weight is 288 g/mol. The average Bonchev–Trinajstić information content (AvgIpc) is 3.11. The van der Waals surface area contributed by atoms with E-state index in [1.54, 1.807) is 25.1 Å². The molecule has 0 aromatic carbocycles. The van der Waals surface area contributed by atoms with E-state index in [0.29, 0.717) is 12.2 Å². The van der Waals surface area contributed by atoms with Crippen LogP contribution in [0, 0.1) is 0 Å². The highest BCUT2D eigenvalue weighted by Crippen LogP contribution is 2.17. The van der Waals surface area contributed by atoms with Crippen LogP contribution < -0.4 is 5.32 Å². The lowest BCUT2D eigenvalue weighted by atomic mass is 10.2. The molecule has 1 amide bonds. The van der Waals surface area contributed by atoms with Gasteiger partial charge in [0.2, 0.25) is 5.95 Å². The SMILES string of the molecule is CN(C)C(=O)c1ccc(CNc2nnc3n2CCCC3)[nH]1. The summed E-state index contributed by atoms with van der Waals surface area (Å²) in [6.45, 7) is 1.57. The molecule has 0 spiro atoms. The number of amides is 1. The first-order valence-electron chi connectivity index (χ1n) is 7.20. The van der Waals surface area contributed by atoms with Crippen molar-refractivity contribution in [3.63, 3.8) is 0 Å². The van der Waals surface area contributed by atoms with Crippen molar-refractivity contribution < 1.29 is 4.79 Å². The number of nitrogens with zero attached hydrogens (tertiary/aromatic N) is 4.